The van der Waals surface area contributed by atoms with Crippen LogP contribution in [0.2, 0.25) is 0 Å². The predicted molar refractivity (Wildman–Crippen MR) is 62.2 cm³/mol. The second-order valence-electron chi connectivity index (χ2n) is 3.64. The van der Waals surface area contributed by atoms with Gasteiger partial charge >= 0.3 is 0 Å². The van der Waals surface area contributed by atoms with Crippen molar-refractivity contribution < 1.29 is 0 Å². The van der Waals surface area contributed by atoms with E-state index in [1.807, 2.05) is 12.1 Å². The van der Waals surface area contributed by atoms with E-state index in [1.54, 1.807) is 0 Å². The van der Waals surface area contributed by atoms with Crippen LogP contribution in [0, 0.1) is 5.92 Å². The normalized spacial score (nSPS) is 17.1. The molecule has 1 aromatic carbocycles. The number of nitrogens with two attached hydrogens (primary N) is 1. The van der Waals surface area contributed by atoms with Crippen LogP contribution in [0.15, 0.2) is 33.7 Å². The minimum Gasteiger partial charge on any atom is -0.387 e. The van der Waals surface area contributed by atoms with Crippen molar-refractivity contribution in [3.05, 3.63) is 34.3 Å². The zero-order valence-electron chi connectivity index (χ0n) is 7.91. The van der Waals surface area contributed by atoms with E-state index in [0.717, 1.165) is 10.3 Å². The highest BCUT2D eigenvalue weighted by Gasteiger charge is 2.24. The second kappa shape index (κ2) is 4.13. The van der Waals surface area contributed by atoms with Gasteiger partial charge in [-0.25, -0.2) is 0 Å². The lowest BCUT2D eigenvalue weighted by Gasteiger charge is -1.99. The number of amidine groups is 1. The Hall–Kier alpha value is -0.830. The third kappa shape index (κ3) is 2.58. The van der Waals surface area contributed by atoms with Crippen LogP contribution in [0.1, 0.15) is 18.4 Å². The molecule has 0 bridgehead atoms. The van der Waals surface area contributed by atoms with E-state index in [0.29, 0.717) is 12.5 Å². The molecule has 1 aliphatic carbocycles. The van der Waals surface area contributed by atoms with Crippen molar-refractivity contribution in [2.24, 2.45) is 16.6 Å². The highest BCUT2D eigenvalue weighted by atomic mass is 79.9. The maximum Gasteiger partial charge on any atom is 0.0972 e. The van der Waals surface area contributed by atoms with Crippen molar-refractivity contribution in [3.63, 3.8) is 0 Å². The summed E-state index contributed by atoms with van der Waals surface area (Å²) in [7, 11) is 0. The van der Waals surface area contributed by atoms with Crippen molar-refractivity contribution in [2.75, 3.05) is 0 Å². The Balaban J connectivity index is 1.96. The van der Waals surface area contributed by atoms with Gasteiger partial charge in [0.05, 0.1) is 12.4 Å². The summed E-state index contributed by atoms with van der Waals surface area (Å²) < 4.78 is 1.10. The molecular weight excluding hydrogens is 240 g/mol. The lowest BCUT2D eigenvalue weighted by molar-refractivity contribution is 1.02. The summed E-state index contributed by atoms with van der Waals surface area (Å²) in [6, 6.07) is 8.18. The Labute approximate surface area is 92.4 Å². The fourth-order valence-corrected chi connectivity index (χ4v) is 1.54. The van der Waals surface area contributed by atoms with Gasteiger partial charge in [0.2, 0.25) is 0 Å². The van der Waals surface area contributed by atoms with E-state index in [9.17, 15) is 0 Å². The fraction of sp³-hybridized carbons (Fsp3) is 0.364. The molecule has 2 N–H and O–H groups in total. The van der Waals surface area contributed by atoms with Crippen molar-refractivity contribution in [1.29, 1.82) is 0 Å². The van der Waals surface area contributed by atoms with Crippen molar-refractivity contribution in [3.8, 4) is 0 Å². The molecule has 2 nitrogen and oxygen atoms in total. The van der Waals surface area contributed by atoms with Gasteiger partial charge in [-0.1, -0.05) is 28.1 Å². The number of benzene rings is 1. The van der Waals surface area contributed by atoms with Crippen molar-refractivity contribution >= 4 is 21.8 Å². The predicted octanol–water partition coefficient (Wildman–Crippen LogP) is 2.72. The molecule has 0 spiro atoms. The zero-order chi connectivity index (χ0) is 9.97. The van der Waals surface area contributed by atoms with Crippen LogP contribution in [0.25, 0.3) is 0 Å². The molecule has 0 atom stereocenters. The average molecular weight is 253 g/mol. The van der Waals surface area contributed by atoms with Gasteiger partial charge in [-0.2, -0.15) is 0 Å². The molecule has 14 heavy (non-hydrogen) atoms. The van der Waals surface area contributed by atoms with Gasteiger partial charge in [0.25, 0.3) is 0 Å². The third-order valence-corrected chi connectivity index (χ3v) is 2.88. The Morgan fingerprint density at radius 2 is 2.00 bits per heavy atom. The lowest BCUT2D eigenvalue weighted by atomic mass is 10.2. The third-order valence-electron chi connectivity index (χ3n) is 2.35. The maximum atomic E-state index is 5.80. The first kappa shape index (κ1) is 9.71. The van der Waals surface area contributed by atoms with Crippen molar-refractivity contribution in [1.82, 2.24) is 0 Å². The van der Waals surface area contributed by atoms with E-state index in [2.05, 4.69) is 33.1 Å². The summed E-state index contributed by atoms with van der Waals surface area (Å²) in [6.45, 7) is 0.704. The first-order valence-corrected chi connectivity index (χ1v) is 5.59. The maximum absolute atomic E-state index is 5.80. The van der Waals surface area contributed by atoms with Gasteiger partial charge in [-0.05, 0) is 30.5 Å². The quantitative estimate of drug-likeness (QED) is 0.652. The van der Waals surface area contributed by atoms with Gasteiger partial charge in [-0.3, -0.25) is 4.99 Å². The largest absolute Gasteiger partial charge is 0.387 e. The minimum absolute atomic E-state index is 0.574. The molecule has 0 aliphatic heterocycles. The molecular formula is C11H13BrN2. The molecule has 1 aliphatic rings. The molecule has 0 amide bonds. The molecule has 3 heteroatoms. The standard InChI is InChI=1S/C11H13BrN2/c12-10-5-1-8(2-6-10)7-14-11(13)9-3-4-9/h1-2,5-6,9H,3-4,7H2,(H2,13,14). The van der Waals surface area contributed by atoms with Crippen LogP contribution in [0.5, 0.6) is 0 Å². The number of hydrogen-bond donors (Lipinski definition) is 1. The smallest absolute Gasteiger partial charge is 0.0972 e. The topological polar surface area (TPSA) is 38.4 Å². The van der Waals surface area contributed by atoms with Gasteiger partial charge < -0.3 is 5.73 Å². The van der Waals surface area contributed by atoms with Gasteiger partial charge in [0.15, 0.2) is 0 Å². The molecule has 0 unspecified atom stereocenters. The molecule has 0 heterocycles. The lowest BCUT2D eigenvalue weighted by Crippen LogP contribution is -2.14. The summed E-state index contributed by atoms with van der Waals surface area (Å²) in [6.07, 6.45) is 2.44. The summed E-state index contributed by atoms with van der Waals surface area (Å²) >= 11 is 3.40. The van der Waals surface area contributed by atoms with E-state index in [4.69, 9.17) is 5.73 Å². The van der Waals surface area contributed by atoms with Gasteiger partial charge in [0.1, 0.15) is 0 Å². The highest BCUT2D eigenvalue weighted by molar-refractivity contribution is 9.10. The van der Waals surface area contributed by atoms with Crippen molar-refractivity contribution in [2.45, 2.75) is 19.4 Å². The minimum atomic E-state index is 0.574. The first-order valence-electron chi connectivity index (χ1n) is 4.80. The molecule has 0 aromatic heterocycles. The first-order chi connectivity index (χ1) is 6.75. The van der Waals surface area contributed by atoms with Crippen LogP contribution in [0.3, 0.4) is 0 Å². The van der Waals surface area contributed by atoms with Crippen LogP contribution >= 0.6 is 15.9 Å². The fourth-order valence-electron chi connectivity index (χ4n) is 1.28. The van der Waals surface area contributed by atoms with E-state index >= 15 is 0 Å². The summed E-state index contributed by atoms with van der Waals surface area (Å²) in [5, 5.41) is 0. The van der Waals surface area contributed by atoms with Crippen LogP contribution in [-0.4, -0.2) is 5.84 Å². The number of rotatable bonds is 3. The summed E-state index contributed by atoms with van der Waals surface area (Å²) in [4.78, 5) is 4.37. The van der Waals surface area contributed by atoms with E-state index in [-0.39, 0.29) is 0 Å². The number of aliphatic imine (C=N–C) groups is 1. The molecule has 0 radical (unpaired) electrons. The molecule has 1 fully saturated rings. The second-order valence-corrected chi connectivity index (χ2v) is 4.56. The Morgan fingerprint density at radius 3 is 2.57 bits per heavy atom. The Bertz CT molecular complexity index is 339. The Kier molecular flexibility index (Phi) is 2.87. The van der Waals surface area contributed by atoms with Crippen LogP contribution in [-0.2, 0) is 6.54 Å². The monoisotopic (exact) mass is 252 g/mol. The van der Waals surface area contributed by atoms with E-state index in [1.165, 1.54) is 18.4 Å². The Morgan fingerprint density at radius 1 is 1.36 bits per heavy atom. The van der Waals surface area contributed by atoms with Gasteiger partial charge in [0, 0.05) is 10.4 Å². The van der Waals surface area contributed by atoms with Crippen LogP contribution in [0.4, 0.5) is 0 Å². The molecule has 74 valence electrons. The summed E-state index contributed by atoms with van der Waals surface area (Å²) in [5.41, 5.74) is 7.00. The molecule has 2 rings (SSSR count). The molecule has 0 saturated heterocycles. The molecule has 1 aromatic rings. The number of halogens is 1. The number of hydrogen-bond acceptors (Lipinski definition) is 1. The summed E-state index contributed by atoms with van der Waals surface area (Å²) in [5.74, 6) is 1.40. The van der Waals surface area contributed by atoms with E-state index < -0.39 is 0 Å². The van der Waals surface area contributed by atoms with Crippen LogP contribution < -0.4 is 5.73 Å². The highest BCUT2D eigenvalue weighted by Crippen LogP contribution is 2.28. The SMILES string of the molecule is NC(=NCc1ccc(Br)cc1)C1CC1. The van der Waals surface area contributed by atoms with Gasteiger partial charge in [-0.15, -0.1) is 0 Å². The average Bonchev–Trinajstić information content (AvgIpc) is 3.00. The number of nitrogens with zero attached hydrogens (tertiary/aromatic N) is 1. The zero-order valence-corrected chi connectivity index (χ0v) is 9.50. The molecule has 1 saturated carbocycles.